The van der Waals surface area contributed by atoms with Gasteiger partial charge in [0.25, 0.3) is 0 Å². The van der Waals surface area contributed by atoms with Gasteiger partial charge in [-0.2, -0.15) is 8.78 Å². The number of anilines is 1. The van der Waals surface area contributed by atoms with Crippen LogP contribution >= 0.6 is 0 Å². The first-order valence-electron chi connectivity index (χ1n) is 9.55. The van der Waals surface area contributed by atoms with Crippen molar-refractivity contribution in [2.24, 2.45) is 4.99 Å². The topological polar surface area (TPSA) is 58.1 Å². The average molecular weight is 404 g/mol. The highest BCUT2D eigenvalue weighted by atomic mass is 19.3. The van der Waals surface area contributed by atoms with Crippen LogP contribution in [0.15, 0.2) is 53.5 Å². The molecule has 0 bridgehead atoms. The number of benzene rings is 2. The number of alkyl halides is 2. The minimum absolute atomic E-state index is 0.156. The van der Waals surface area contributed by atoms with E-state index in [1.807, 2.05) is 12.1 Å². The molecule has 29 heavy (non-hydrogen) atoms. The first-order valence-corrected chi connectivity index (χ1v) is 9.55. The van der Waals surface area contributed by atoms with Gasteiger partial charge >= 0.3 is 6.61 Å². The fourth-order valence-electron chi connectivity index (χ4n) is 3.21. The molecule has 0 spiro atoms. The zero-order chi connectivity index (χ0) is 20.5. The second-order valence-corrected chi connectivity index (χ2v) is 6.49. The van der Waals surface area contributed by atoms with Crippen molar-refractivity contribution < 1.29 is 18.3 Å². The molecule has 0 amide bonds. The summed E-state index contributed by atoms with van der Waals surface area (Å²) in [5.74, 6) is 0.733. The van der Waals surface area contributed by atoms with Crippen LogP contribution in [0.3, 0.4) is 0 Å². The summed E-state index contributed by atoms with van der Waals surface area (Å²) in [6.07, 6.45) is 0. The number of morpholine rings is 1. The van der Waals surface area contributed by atoms with Crippen molar-refractivity contribution in [1.29, 1.82) is 0 Å². The molecule has 2 N–H and O–H groups in total. The second-order valence-electron chi connectivity index (χ2n) is 6.49. The Balaban J connectivity index is 1.59. The molecule has 2 aromatic carbocycles. The van der Waals surface area contributed by atoms with Gasteiger partial charge in [-0.25, -0.2) is 0 Å². The van der Waals surface area contributed by atoms with Crippen LogP contribution in [0.5, 0.6) is 5.75 Å². The molecule has 1 saturated heterocycles. The van der Waals surface area contributed by atoms with Crippen LogP contribution in [0.1, 0.15) is 11.1 Å². The summed E-state index contributed by atoms with van der Waals surface area (Å²) in [6, 6.07) is 14.9. The van der Waals surface area contributed by atoms with Crippen LogP contribution in [0, 0.1) is 0 Å². The fourth-order valence-corrected chi connectivity index (χ4v) is 3.21. The predicted molar refractivity (Wildman–Crippen MR) is 110 cm³/mol. The Morgan fingerprint density at radius 1 is 1.03 bits per heavy atom. The van der Waals surface area contributed by atoms with Crippen molar-refractivity contribution in [3.8, 4) is 5.75 Å². The summed E-state index contributed by atoms with van der Waals surface area (Å²) in [7, 11) is 1.67. The maximum absolute atomic E-state index is 12.6. The summed E-state index contributed by atoms with van der Waals surface area (Å²) in [6.45, 7) is 1.23. The summed E-state index contributed by atoms with van der Waals surface area (Å²) >= 11 is 0. The molecule has 1 aliphatic heterocycles. The molecule has 0 aliphatic carbocycles. The highest BCUT2D eigenvalue weighted by Crippen LogP contribution is 2.22. The summed E-state index contributed by atoms with van der Waals surface area (Å²) in [5, 5.41) is 6.44. The number of hydrogen-bond donors (Lipinski definition) is 2. The number of ether oxygens (including phenoxy) is 2. The van der Waals surface area contributed by atoms with Crippen LogP contribution in [0.2, 0.25) is 0 Å². The Labute approximate surface area is 169 Å². The maximum Gasteiger partial charge on any atom is 0.387 e. The molecule has 0 aromatic heterocycles. The molecule has 8 heteroatoms. The zero-order valence-electron chi connectivity index (χ0n) is 16.4. The lowest BCUT2D eigenvalue weighted by Crippen LogP contribution is -2.39. The van der Waals surface area contributed by atoms with E-state index in [4.69, 9.17) is 4.74 Å². The molecule has 6 nitrogen and oxygen atoms in total. The number of aliphatic imine (C=N–C) groups is 1. The van der Waals surface area contributed by atoms with Gasteiger partial charge in [0.1, 0.15) is 5.75 Å². The van der Waals surface area contributed by atoms with E-state index in [1.54, 1.807) is 25.2 Å². The fraction of sp³-hybridized carbons (Fsp3) is 0.381. The van der Waals surface area contributed by atoms with Gasteiger partial charge in [-0.15, -0.1) is 0 Å². The highest BCUT2D eigenvalue weighted by molar-refractivity contribution is 5.79. The third-order valence-corrected chi connectivity index (χ3v) is 4.65. The third-order valence-electron chi connectivity index (χ3n) is 4.65. The molecular formula is C21H26F2N4O2. The number of guanidine groups is 1. The molecule has 0 atom stereocenters. The Kier molecular flexibility index (Phi) is 7.63. The lowest BCUT2D eigenvalue weighted by atomic mass is 10.1. The Morgan fingerprint density at radius 3 is 2.34 bits per heavy atom. The number of para-hydroxylation sites is 2. The molecule has 156 valence electrons. The predicted octanol–water partition coefficient (Wildman–Crippen LogP) is 2.99. The van der Waals surface area contributed by atoms with Gasteiger partial charge < -0.3 is 25.0 Å². The molecule has 1 aliphatic rings. The van der Waals surface area contributed by atoms with E-state index in [9.17, 15) is 8.78 Å². The average Bonchev–Trinajstić information content (AvgIpc) is 2.75. The molecule has 0 unspecified atom stereocenters. The molecule has 0 saturated carbocycles. The number of nitrogens with zero attached hydrogens (tertiary/aromatic N) is 2. The Morgan fingerprint density at radius 2 is 1.66 bits per heavy atom. The summed E-state index contributed by atoms with van der Waals surface area (Å²) < 4.78 is 35.2. The second kappa shape index (κ2) is 10.6. The van der Waals surface area contributed by atoms with Crippen LogP contribution in [0.4, 0.5) is 14.5 Å². The molecule has 1 heterocycles. The maximum atomic E-state index is 12.6. The van der Waals surface area contributed by atoms with Crippen molar-refractivity contribution in [3.63, 3.8) is 0 Å². The van der Waals surface area contributed by atoms with Gasteiger partial charge in [0.05, 0.1) is 13.2 Å². The number of nitrogens with one attached hydrogen (secondary N) is 2. The summed E-state index contributed by atoms with van der Waals surface area (Å²) in [5.41, 5.74) is 2.96. The van der Waals surface area contributed by atoms with Crippen molar-refractivity contribution >= 4 is 11.6 Å². The summed E-state index contributed by atoms with van der Waals surface area (Å²) in [4.78, 5) is 6.54. The van der Waals surface area contributed by atoms with E-state index in [-0.39, 0.29) is 5.75 Å². The van der Waals surface area contributed by atoms with Gasteiger partial charge in [0, 0.05) is 44.5 Å². The quantitative estimate of drug-likeness (QED) is 0.549. The lowest BCUT2D eigenvalue weighted by Gasteiger charge is -2.30. The minimum atomic E-state index is -2.86. The van der Waals surface area contributed by atoms with Crippen molar-refractivity contribution in [2.75, 3.05) is 38.3 Å². The number of rotatable bonds is 7. The molecule has 3 rings (SSSR count). The van der Waals surface area contributed by atoms with Crippen LogP contribution in [-0.4, -0.2) is 45.9 Å². The normalized spacial score (nSPS) is 14.8. The lowest BCUT2D eigenvalue weighted by molar-refractivity contribution is -0.0504. The van der Waals surface area contributed by atoms with Crippen molar-refractivity contribution in [1.82, 2.24) is 10.6 Å². The van der Waals surface area contributed by atoms with Gasteiger partial charge in [-0.3, -0.25) is 4.99 Å². The molecular weight excluding hydrogens is 378 g/mol. The van der Waals surface area contributed by atoms with Crippen LogP contribution < -0.4 is 20.3 Å². The van der Waals surface area contributed by atoms with Crippen molar-refractivity contribution in [3.05, 3.63) is 59.7 Å². The first kappa shape index (κ1) is 20.9. The van der Waals surface area contributed by atoms with Gasteiger partial charge in [-0.05, 0) is 17.7 Å². The molecule has 2 aromatic rings. The Bertz CT molecular complexity index is 811. The monoisotopic (exact) mass is 404 g/mol. The highest BCUT2D eigenvalue weighted by Gasteiger charge is 2.15. The standard InChI is InChI=1S/C21H26F2N4O2/c1-24-21(26-15-17-7-3-5-9-19(17)29-20(22)23)25-14-16-6-2-4-8-18(16)27-10-12-28-13-11-27/h2-9,20H,10-15H2,1H3,(H2,24,25,26). The van der Waals surface area contributed by atoms with E-state index in [1.165, 1.54) is 11.8 Å². The van der Waals surface area contributed by atoms with Gasteiger partial charge in [-0.1, -0.05) is 36.4 Å². The Hall–Kier alpha value is -2.87. The first-order chi connectivity index (χ1) is 14.2. The smallest absolute Gasteiger partial charge is 0.387 e. The SMILES string of the molecule is CN=C(NCc1ccccc1OC(F)F)NCc1ccccc1N1CCOCC1. The van der Waals surface area contributed by atoms with Gasteiger partial charge in [0.15, 0.2) is 5.96 Å². The molecule has 0 radical (unpaired) electrons. The number of halogens is 2. The van der Waals surface area contributed by atoms with Gasteiger partial charge in [0.2, 0.25) is 0 Å². The van der Waals surface area contributed by atoms with Crippen molar-refractivity contribution in [2.45, 2.75) is 19.7 Å². The van der Waals surface area contributed by atoms with Crippen LogP contribution in [0.25, 0.3) is 0 Å². The van der Waals surface area contributed by atoms with E-state index in [2.05, 4.69) is 37.4 Å². The minimum Gasteiger partial charge on any atom is -0.434 e. The van der Waals surface area contributed by atoms with E-state index in [0.717, 1.165) is 31.9 Å². The zero-order valence-corrected chi connectivity index (χ0v) is 16.4. The third kappa shape index (κ3) is 6.05. The van der Waals surface area contributed by atoms with E-state index >= 15 is 0 Å². The molecule has 1 fully saturated rings. The van der Waals surface area contributed by atoms with Crippen LogP contribution in [-0.2, 0) is 17.8 Å². The van der Waals surface area contributed by atoms with E-state index in [0.29, 0.717) is 24.6 Å². The largest absolute Gasteiger partial charge is 0.434 e. The number of hydrogen-bond acceptors (Lipinski definition) is 4. The van der Waals surface area contributed by atoms with E-state index < -0.39 is 6.61 Å².